The molecule has 148 valence electrons. The van der Waals surface area contributed by atoms with E-state index in [1.165, 1.54) is 12.1 Å². The molecule has 2 aromatic carbocycles. The zero-order valence-electron chi connectivity index (χ0n) is 15.5. The Bertz CT molecular complexity index is 975. The SMILES string of the molecule is COc1ccc2c(CC(=O)N3CCNCC3c3cccc(F)c3)coc2c1.Cl. The van der Waals surface area contributed by atoms with E-state index in [0.29, 0.717) is 24.4 Å². The molecule has 1 amide bonds. The molecular formula is C21H22ClFN2O3. The molecule has 2 heterocycles. The number of carbonyl (C=O) groups excluding carboxylic acids is 1. The van der Waals surface area contributed by atoms with E-state index in [2.05, 4.69) is 5.32 Å². The second-order valence-electron chi connectivity index (χ2n) is 6.66. The van der Waals surface area contributed by atoms with Crippen LogP contribution in [0.15, 0.2) is 53.1 Å². The van der Waals surface area contributed by atoms with Crippen molar-refractivity contribution in [2.45, 2.75) is 12.5 Å². The van der Waals surface area contributed by atoms with Crippen LogP contribution in [-0.2, 0) is 11.2 Å². The third-order valence-electron chi connectivity index (χ3n) is 5.00. The highest BCUT2D eigenvalue weighted by Crippen LogP contribution is 2.28. The number of hydrogen-bond acceptors (Lipinski definition) is 4. The van der Waals surface area contributed by atoms with E-state index in [1.54, 1.807) is 19.4 Å². The van der Waals surface area contributed by atoms with Crippen LogP contribution in [0.5, 0.6) is 5.75 Å². The number of fused-ring (bicyclic) bond motifs is 1. The molecular weight excluding hydrogens is 383 g/mol. The molecule has 1 fully saturated rings. The second kappa shape index (κ2) is 8.63. The highest BCUT2D eigenvalue weighted by atomic mass is 35.5. The van der Waals surface area contributed by atoms with Gasteiger partial charge in [-0.1, -0.05) is 12.1 Å². The predicted octanol–water partition coefficient (Wildman–Crippen LogP) is 3.72. The van der Waals surface area contributed by atoms with Crippen LogP contribution < -0.4 is 10.1 Å². The van der Waals surface area contributed by atoms with Crippen molar-refractivity contribution in [3.05, 3.63) is 65.7 Å². The monoisotopic (exact) mass is 404 g/mol. The number of amides is 1. The van der Waals surface area contributed by atoms with E-state index in [0.717, 1.165) is 23.1 Å². The number of hydrogen-bond donors (Lipinski definition) is 1. The lowest BCUT2D eigenvalue weighted by Gasteiger charge is -2.36. The molecule has 4 rings (SSSR count). The normalized spacial score (nSPS) is 16.6. The summed E-state index contributed by atoms with van der Waals surface area (Å²) in [6, 6.07) is 11.8. The van der Waals surface area contributed by atoms with Gasteiger partial charge in [-0.2, -0.15) is 0 Å². The van der Waals surface area contributed by atoms with Crippen molar-refractivity contribution >= 4 is 29.3 Å². The Balaban J connectivity index is 0.00000225. The summed E-state index contributed by atoms with van der Waals surface area (Å²) in [6.07, 6.45) is 1.87. The molecule has 0 saturated carbocycles. The topological polar surface area (TPSA) is 54.7 Å². The Hall–Kier alpha value is -2.57. The van der Waals surface area contributed by atoms with E-state index in [4.69, 9.17) is 9.15 Å². The summed E-state index contributed by atoms with van der Waals surface area (Å²) < 4.78 is 24.4. The molecule has 3 aromatic rings. The minimum atomic E-state index is -0.291. The molecule has 28 heavy (non-hydrogen) atoms. The number of furan rings is 1. The first-order chi connectivity index (χ1) is 13.2. The van der Waals surface area contributed by atoms with Crippen LogP contribution in [0, 0.1) is 5.82 Å². The maximum Gasteiger partial charge on any atom is 0.227 e. The van der Waals surface area contributed by atoms with Crippen LogP contribution in [0.1, 0.15) is 17.2 Å². The molecule has 0 spiro atoms. The molecule has 1 N–H and O–H groups in total. The summed E-state index contributed by atoms with van der Waals surface area (Å²) in [7, 11) is 1.60. The molecule has 0 radical (unpaired) electrons. The summed E-state index contributed by atoms with van der Waals surface area (Å²) >= 11 is 0. The third-order valence-corrected chi connectivity index (χ3v) is 5.00. The van der Waals surface area contributed by atoms with E-state index in [-0.39, 0.29) is 36.6 Å². The Labute approximate surface area is 168 Å². The van der Waals surface area contributed by atoms with Gasteiger partial charge in [0, 0.05) is 36.7 Å². The summed E-state index contributed by atoms with van der Waals surface area (Å²) in [5.74, 6) is 0.424. The second-order valence-corrected chi connectivity index (χ2v) is 6.66. The van der Waals surface area contributed by atoms with Gasteiger partial charge in [-0.15, -0.1) is 12.4 Å². The summed E-state index contributed by atoms with van der Waals surface area (Å²) in [6.45, 7) is 1.92. The molecule has 0 bridgehead atoms. The van der Waals surface area contributed by atoms with Crippen LogP contribution >= 0.6 is 12.4 Å². The maximum atomic E-state index is 13.6. The number of ether oxygens (including phenoxy) is 1. The number of piperazine rings is 1. The van der Waals surface area contributed by atoms with Crippen molar-refractivity contribution in [1.82, 2.24) is 10.2 Å². The van der Waals surface area contributed by atoms with Crippen molar-refractivity contribution in [2.75, 3.05) is 26.7 Å². The van der Waals surface area contributed by atoms with E-state index >= 15 is 0 Å². The first-order valence-electron chi connectivity index (χ1n) is 8.95. The average Bonchev–Trinajstić information content (AvgIpc) is 3.09. The van der Waals surface area contributed by atoms with E-state index < -0.39 is 0 Å². The van der Waals surface area contributed by atoms with Gasteiger partial charge in [0.2, 0.25) is 5.91 Å². The van der Waals surface area contributed by atoms with Crippen molar-refractivity contribution < 1.29 is 18.3 Å². The Morgan fingerprint density at radius 2 is 2.18 bits per heavy atom. The lowest BCUT2D eigenvalue weighted by atomic mass is 10.0. The van der Waals surface area contributed by atoms with Gasteiger partial charge in [-0.3, -0.25) is 4.79 Å². The van der Waals surface area contributed by atoms with Gasteiger partial charge in [0.25, 0.3) is 0 Å². The van der Waals surface area contributed by atoms with Crippen LogP contribution in [0.2, 0.25) is 0 Å². The fraction of sp³-hybridized carbons (Fsp3) is 0.286. The molecule has 1 unspecified atom stereocenters. The number of carbonyl (C=O) groups is 1. The zero-order chi connectivity index (χ0) is 18.8. The van der Waals surface area contributed by atoms with Crippen molar-refractivity contribution in [3.8, 4) is 5.75 Å². The smallest absolute Gasteiger partial charge is 0.227 e. The van der Waals surface area contributed by atoms with Gasteiger partial charge in [-0.05, 0) is 29.8 Å². The molecule has 7 heteroatoms. The number of halogens is 2. The Kier molecular flexibility index (Phi) is 6.21. The number of nitrogens with zero attached hydrogens (tertiary/aromatic N) is 1. The van der Waals surface area contributed by atoms with Crippen molar-refractivity contribution in [1.29, 1.82) is 0 Å². The number of nitrogens with one attached hydrogen (secondary N) is 1. The fourth-order valence-electron chi connectivity index (χ4n) is 3.61. The van der Waals surface area contributed by atoms with Crippen LogP contribution in [0.25, 0.3) is 11.0 Å². The van der Waals surface area contributed by atoms with Gasteiger partial charge in [0.1, 0.15) is 17.1 Å². The fourth-order valence-corrected chi connectivity index (χ4v) is 3.61. The molecule has 1 aliphatic heterocycles. The highest BCUT2D eigenvalue weighted by molar-refractivity contribution is 5.88. The zero-order valence-corrected chi connectivity index (χ0v) is 16.3. The van der Waals surface area contributed by atoms with E-state index in [9.17, 15) is 9.18 Å². The molecule has 1 atom stereocenters. The predicted molar refractivity (Wildman–Crippen MR) is 107 cm³/mol. The molecule has 5 nitrogen and oxygen atoms in total. The van der Waals surface area contributed by atoms with Crippen LogP contribution in [0.4, 0.5) is 4.39 Å². The van der Waals surface area contributed by atoms with Gasteiger partial charge in [0.05, 0.1) is 25.8 Å². The number of rotatable bonds is 4. The standard InChI is InChI=1S/C21H21FN2O3.ClH/c1-26-17-5-6-18-15(13-27-20(18)11-17)10-21(25)24-8-7-23-12-19(24)14-3-2-4-16(22)9-14;/h2-6,9,11,13,19,23H,7-8,10,12H2,1H3;1H. The van der Waals surface area contributed by atoms with Gasteiger partial charge in [0.15, 0.2) is 0 Å². The minimum absolute atomic E-state index is 0. The molecule has 0 aliphatic carbocycles. The number of benzene rings is 2. The largest absolute Gasteiger partial charge is 0.497 e. The first-order valence-corrected chi connectivity index (χ1v) is 8.95. The Morgan fingerprint density at radius 3 is 2.96 bits per heavy atom. The molecule has 1 aromatic heterocycles. The lowest BCUT2D eigenvalue weighted by molar-refractivity contribution is -0.133. The molecule has 1 aliphatic rings. The van der Waals surface area contributed by atoms with Gasteiger partial charge < -0.3 is 19.4 Å². The van der Waals surface area contributed by atoms with Crippen molar-refractivity contribution in [2.24, 2.45) is 0 Å². The van der Waals surface area contributed by atoms with Gasteiger partial charge >= 0.3 is 0 Å². The van der Waals surface area contributed by atoms with Crippen LogP contribution in [0.3, 0.4) is 0 Å². The lowest BCUT2D eigenvalue weighted by Crippen LogP contribution is -2.49. The average molecular weight is 405 g/mol. The number of methoxy groups -OCH3 is 1. The van der Waals surface area contributed by atoms with Crippen LogP contribution in [-0.4, -0.2) is 37.6 Å². The first kappa shape index (κ1) is 20.2. The third kappa shape index (κ3) is 3.98. The molecule has 1 saturated heterocycles. The minimum Gasteiger partial charge on any atom is -0.497 e. The summed E-state index contributed by atoms with van der Waals surface area (Å²) in [5.41, 5.74) is 2.34. The van der Waals surface area contributed by atoms with E-state index in [1.807, 2.05) is 29.2 Å². The highest BCUT2D eigenvalue weighted by Gasteiger charge is 2.28. The Morgan fingerprint density at radius 1 is 1.32 bits per heavy atom. The van der Waals surface area contributed by atoms with Gasteiger partial charge in [-0.25, -0.2) is 4.39 Å². The quantitative estimate of drug-likeness (QED) is 0.720. The summed E-state index contributed by atoms with van der Waals surface area (Å²) in [5, 5.41) is 4.19. The van der Waals surface area contributed by atoms with Crippen molar-refractivity contribution in [3.63, 3.8) is 0 Å². The maximum absolute atomic E-state index is 13.6. The summed E-state index contributed by atoms with van der Waals surface area (Å²) in [4.78, 5) is 14.9.